The van der Waals surface area contributed by atoms with E-state index in [2.05, 4.69) is 10.1 Å². The quantitative estimate of drug-likeness (QED) is 0.747. The van der Waals surface area contributed by atoms with Gasteiger partial charge in [-0.15, -0.1) is 0 Å². The fraction of sp³-hybridized carbons (Fsp3) is 0.231. The predicted octanol–water partition coefficient (Wildman–Crippen LogP) is 3.04. The second-order valence-corrected chi connectivity index (χ2v) is 4.91. The van der Waals surface area contributed by atoms with Crippen LogP contribution in [0.3, 0.4) is 0 Å². The second-order valence-electron chi connectivity index (χ2n) is 4.52. The molecule has 2 aromatic heterocycles. The number of hydrogen-bond donors (Lipinski definition) is 1. The Bertz CT molecular complexity index is 783. The molecule has 0 spiro atoms. The summed E-state index contributed by atoms with van der Waals surface area (Å²) in [7, 11) is 0. The standard InChI is InChI=1S/C13H13FN4S/c1-9-7-15-17(8-9)4-5-18-12-3-2-10(14)6-11(12)16-13(18)19/h2-3,6-8H,4-5H2,1H3,(H,16,19). The SMILES string of the molecule is Cc1cnn(CCn2c(=S)[nH]c3cc(F)ccc32)c1. The molecule has 0 aliphatic carbocycles. The lowest BCUT2D eigenvalue weighted by Gasteiger charge is -2.04. The molecule has 0 fully saturated rings. The number of benzene rings is 1. The van der Waals surface area contributed by atoms with E-state index in [1.807, 2.05) is 28.6 Å². The van der Waals surface area contributed by atoms with Gasteiger partial charge in [0.1, 0.15) is 5.82 Å². The lowest BCUT2D eigenvalue weighted by atomic mass is 10.3. The lowest BCUT2D eigenvalue weighted by Crippen LogP contribution is -2.07. The zero-order chi connectivity index (χ0) is 13.4. The molecule has 19 heavy (non-hydrogen) atoms. The van der Waals surface area contributed by atoms with E-state index in [4.69, 9.17) is 12.2 Å². The number of fused-ring (bicyclic) bond motifs is 1. The molecule has 0 bridgehead atoms. The maximum atomic E-state index is 13.2. The Balaban J connectivity index is 1.92. The Kier molecular flexibility index (Phi) is 2.94. The molecule has 4 nitrogen and oxygen atoms in total. The Morgan fingerprint density at radius 3 is 2.95 bits per heavy atom. The minimum atomic E-state index is -0.265. The van der Waals surface area contributed by atoms with Crippen molar-refractivity contribution < 1.29 is 4.39 Å². The number of aromatic nitrogens is 4. The normalized spacial score (nSPS) is 11.3. The third-order valence-electron chi connectivity index (χ3n) is 3.05. The molecule has 0 saturated heterocycles. The molecule has 0 aliphatic rings. The maximum Gasteiger partial charge on any atom is 0.178 e. The smallest absolute Gasteiger partial charge is 0.178 e. The maximum absolute atomic E-state index is 13.2. The fourth-order valence-electron chi connectivity index (χ4n) is 2.15. The summed E-state index contributed by atoms with van der Waals surface area (Å²) in [5, 5.41) is 4.24. The minimum Gasteiger partial charge on any atom is -0.330 e. The summed E-state index contributed by atoms with van der Waals surface area (Å²) < 4.78 is 17.6. The number of aryl methyl sites for hydroxylation is 3. The molecular formula is C13H13FN4S. The number of aromatic amines is 1. The van der Waals surface area contributed by atoms with Crippen molar-refractivity contribution in [2.45, 2.75) is 20.0 Å². The topological polar surface area (TPSA) is 38.5 Å². The van der Waals surface area contributed by atoms with Gasteiger partial charge in [0.15, 0.2) is 4.77 Å². The number of nitrogens with zero attached hydrogens (tertiary/aromatic N) is 3. The van der Waals surface area contributed by atoms with Gasteiger partial charge in [0.2, 0.25) is 0 Å². The highest BCUT2D eigenvalue weighted by Crippen LogP contribution is 2.15. The van der Waals surface area contributed by atoms with Crippen LogP contribution in [0.4, 0.5) is 4.39 Å². The van der Waals surface area contributed by atoms with Crippen LogP contribution in [0.15, 0.2) is 30.6 Å². The first-order valence-corrected chi connectivity index (χ1v) is 6.41. The van der Waals surface area contributed by atoms with E-state index < -0.39 is 0 Å². The van der Waals surface area contributed by atoms with Crippen molar-refractivity contribution in [2.75, 3.05) is 0 Å². The molecule has 3 rings (SSSR count). The highest BCUT2D eigenvalue weighted by molar-refractivity contribution is 7.71. The van der Waals surface area contributed by atoms with E-state index in [0.29, 0.717) is 11.3 Å². The second kappa shape index (κ2) is 4.62. The summed E-state index contributed by atoms with van der Waals surface area (Å²) in [5.41, 5.74) is 2.77. The summed E-state index contributed by atoms with van der Waals surface area (Å²) in [6.07, 6.45) is 3.81. The lowest BCUT2D eigenvalue weighted by molar-refractivity contribution is 0.537. The number of H-pyrrole nitrogens is 1. The predicted molar refractivity (Wildman–Crippen MR) is 74.0 cm³/mol. The van der Waals surface area contributed by atoms with Crippen molar-refractivity contribution in [1.82, 2.24) is 19.3 Å². The number of hydrogen-bond acceptors (Lipinski definition) is 2. The van der Waals surface area contributed by atoms with Crippen molar-refractivity contribution in [3.8, 4) is 0 Å². The van der Waals surface area contributed by atoms with Crippen molar-refractivity contribution in [1.29, 1.82) is 0 Å². The molecule has 0 atom stereocenters. The fourth-order valence-corrected chi connectivity index (χ4v) is 2.45. The van der Waals surface area contributed by atoms with Crippen LogP contribution in [-0.4, -0.2) is 19.3 Å². The third kappa shape index (κ3) is 2.31. The number of nitrogens with one attached hydrogen (secondary N) is 1. The molecule has 0 aliphatic heterocycles. The van der Waals surface area contributed by atoms with Gasteiger partial charge in [0, 0.05) is 12.7 Å². The Morgan fingerprint density at radius 2 is 2.21 bits per heavy atom. The summed E-state index contributed by atoms with van der Waals surface area (Å²) in [6, 6.07) is 4.64. The van der Waals surface area contributed by atoms with Crippen LogP contribution in [-0.2, 0) is 13.1 Å². The molecule has 98 valence electrons. The summed E-state index contributed by atoms with van der Waals surface area (Å²) in [6.45, 7) is 3.43. The Hall–Kier alpha value is -1.95. The van der Waals surface area contributed by atoms with Crippen LogP contribution >= 0.6 is 12.2 Å². The Morgan fingerprint density at radius 1 is 1.37 bits per heavy atom. The van der Waals surface area contributed by atoms with Crippen LogP contribution in [0.25, 0.3) is 11.0 Å². The van der Waals surface area contributed by atoms with Gasteiger partial charge in [-0.3, -0.25) is 4.68 Å². The van der Waals surface area contributed by atoms with Gasteiger partial charge in [-0.2, -0.15) is 5.10 Å². The molecule has 1 N–H and O–H groups in total. The van der Waals surface area contributed by atoms with Crippen LogP contribution in [0.1, 0.15) is 5.56 Å². The van der Waals surface area contributed by atoms with Crippen molar-refractivity contribution >= 4 is 23.3 Å². The van der Waals surface area contributed by atoms with Gasteiger partial charge in [0.05, 0.1) is 23.8 Å². The first-order chi connectivity index (χ1) is 9.13. The number of rotatable bonds is 3. The molecular weight excluding hydrogens is 263 g/mol. The molecule has 2 heterocycles. The summed E-state index contributed by atoms with van der Waals surface area (Å²) >= 11 is 5.27. The van der Waals surface area contributed by atoms with E-state index in [9.17, 15) is 4.39 Å². The Labute approximate surface area is 114 Å². The summed E-state index contributed by atoms with van der Waals surface area (Å²) in [5.74, 6) is -0.265. The van der Waals surface area contributed by atoms with E-state index in [0.717, 1.165) is 23.1 Å². The van der Waals surface area contributed by atoms with Crippen LogP contribution in [0.5, 0.6) is 0 Å². The monoisotopic (exact) mass is 276 g/mol. The third-order valence-corrected chi connectivity index (χ3v) is 3.37. The van der Waals surface area contributed by atoms with Gasteiger partial charge in [-0.05, 0) is 42.9 Å². The average molecular weight is 276 g/mol. The highest BCUT2D eigenvalue weighted by atomic mass is 32.1. The van der Waals surface area contributed by atoms with E-state index >= 15 is 0 Å². The molecule has 3 aromatic rings. The zero-order valence-corrected chi connectivity index (χ0v) is 11.2. The van der Waals surface area contributed by atoms with Crippen LogP contribution in [0, 0.1) is 17.5 Å². The number of imidazole rings is 1. The van der Waals surface area contributed by atoms with Gasteiger partial charge in [-0.25, -0.2) is 4.39 Å². The summed E-state index contributed by atoms with van der Waals surface area (Å²) in [4.78, 5) is 3.02. The van der Waals surface area contributed by atoms with Crippen LogP contribution in [0.2, 0.25) is 0 Å². The van der Waals surface area contributed by atoms with Crippen molar-refractivity contribution in [2.24, 2.45) is 0 Å². The van der Waals surface area contributed by atoms with Gasteiger partial charge in [-0.1, -0.05) is 0 Å². The van der Waals surface area contributed by atoms with Crippen molar-refractivity contribution in [3.63, 3.8) is 0 Å². The molecule has 0 amide bonds. The van der Waals surface area contributed by atoms with E-state index in [-0.39, 0.29) is 5.82 Å². The molecule has 1 aromatic carbocycles. The zero-order valence-electron chi connectivity index (χ0n) is 10.4. The molecule has 6 heteroatoms. The minimum absolute atomic E-state index is 0.265. The van der Waals surface area contributed by atoms with Gasteiger partial charge >= 0.3 is 0 Å². The van der Waals surface area contributed by atoms with Crippen LogP contribution < -0.4 is 0 Å². The van der Waals surface area contributed by atoms with E-state index in [1.165, 1.54) is 12.1 Å². The molecule has 0 radical (unpaired) electrons. The largest absolute Gasteiger partial charge is 0.330 e. The number of halogens is 1. The first-order valence-electron chi connectivity index (χ1n) is 6.00. The average Bonchev–Trinajstić information content (AvgIpc) is 2.89. The van der Waals surface area contributed by atoms with Gasteiger partial charge in [0.25, 0.3) is 0 Å². The van der Waals surface area contributed by atoms with Crippen molar-refractivity contribution in [3.05, 3.63) is 46.7 Å². The van der Waals surface area contributed by atoms with E-state index in [1.54, 1.807) is 6.07 Å². The van der Waals surface area contributed by atoms with Gasteiger partial charge < -0.3 is 9.55 Å². The molecule has 0 saturated carbocycles. The molecule has 0 unspecified atom stereocenters. The first kappa shape index (κ1) is 12.1. The highest BCUT2D eigenvalue weighted by Gasteiger charge is 2.05.